The number of phenols is 1. The van der Waals surface area contributed by atoms with Gasteiger partial charge < -0.3 is 54.8 Å². The summed E-state index contributed by atoms with van der Waals surface area (Å²) in [7, 11) is 0. The number of hydrogen-bond donors (Lipinski definition) is 10. The van der Waals surface area contributed by atoms with Gasteiger partial charge in [0.05, 0.1) is 6.04 Å². The molecule has 15 N–H and O–H groups in total. The summed E-state index contributed by atoms with van der Waals surface area (Å²) >= 11 is 0. The van der Waals surface area contributed by atoms with Crippen LogP contribution in [0.15, 0.2) is 29.3 Å². The number of phenolic OH excluding ortho intramolecular Hbond substituents is 1. The summed E-state index contributed by atoms with van der Waals surface area (Å²) in [5, 5.41) is 26.4. The SMILES string of the molecule is NC(=O)CCC(N)C(=O)NC(CCCN=C(N)N)C(=O)NC(Cc1ccc(O)cc1)C(=O)NC(CCC(N)=O)C(=O)O. The zero-order valence-corrected chi connectivity index (χ0v) is 23.0. The molecule has 42 heavy (non-hydrogen) atoms. The summed E-state index contributed by atoms with van der Waals surface area (Å²) in [6.07, 6.45) is -0.721. The van der Waals surface area contributed by atoms with Crippen molar-refractivity contribution in [2.75, 3.05) is 6.54 Å². The minimum atomic E-state index is -1.48. The fraction of sp³-hybridized carbons (Fsp3) is 0.480. The Morgan fingerprint density at radius 1 is 0.738 bits per heavy atom. The Bertz CT molecular complexity index is 1140. The predicted molar refractivity (Wildman–Crippen MR) is 150 cm³/mol. The third-order valence-corrected chi connectivity index (χ3v) is 5.92. The number of hydrogen-bond acceptors (Lipinski definition) is 9. The molecule has 0 aliphatic carbocycles. The standard InChI is InChI=1S/C25H39N9O8/c26-15(7-9-19(27)36)21(38)32-16(2-1-11-31-25(29)30)22(39)34-18(12-13-3-5-14(35)6-4-13)23(40)33-17(24(41)42)8-10-20(28)37/h3-6,15-18,35H,1-2,7-12,26H2,(H2,27,36)(H2,28,37)(H,32,38)(H,33,40)(H,34,39)(H,41,42)(H4,29,30,31). The zero-order valence-electron chi connectivity index (χ0n) is 23.0. The molecule has 0 aliphatic heterocycles. The molecule has 0 fully saturated rings. The topological polar surface area (TPSA) is 321 Å². The van der Waals surface area contributed by atoms with Gasteiger partial charge in [0.1, 0.15) is 23.9 Å². The Kier molecular flexibility index (Phi) is 14.8. The number of carboxylic acid groups (broad SMARTS) is 1. The first-order valence-corrected chi connectivity index (χ1v) is 13.0. The van der Waals surface area contributed by atoms with Crippen molar-refractivity contribution in [2.45, 2.75) is 69.1 Å². The lowest BCUT2D eigenvalue weighted by atomic mass is 10.0. The zero-order chi connectivity index (χ0) is 31.8. The smallest absolute Gasteiger partial charge is 0.326 e. The molecule has 0 aliphatic rings. The second-order valence-electron chi connectivity index (χ2n) is 9.46. The summed E-state index contributed by atoms with van der Waals surface area (Å²) in [6.45, 7) is 0.118. The lowest BCUT2D eigenvalue weighted by molar-refractivity contribution is -0.142. The van der Waals surface area contributed by atoms with Crippen LogP contribution in [-0.4, -0.2) is 82.4 Å². The number of nitrogens with two attached hydrogens (primary N) is 5. The van der Waals surface area contributed by atoms with Gasteiger partial charge in [0, 0.05) is 25.8 Å². The molecule has 17 heteroatoms. The molecule has 232 valence electrons. The van der Waals surface area contributed by atoms with Crippen LogP contribution < -0.4 is 44.6 Å². The molecule has 0 saturated heterocycles. The number of nitrogens with zero attached hydrogens (tertiary/aromatic N) is 1. The molecule has 0 spiro atoms. The Hall–Kier alpha value is -4.93. The first-order valence-electron chi connectivity index (χ1n) is 13.0. The lowest BCUT2D eigenvalue weighted by Gasteiger charge is -2.25. The number of aliphatic carboxylic acids is 1. The van der Waals surface area contributed by atoms with Gasteiger partial charge in [-0.05, 0) is 43.4 Å². The first kappa shape index (κ1) is 35.1. The highest BCUT2D eigenvalue weighted by atomic mass is 16.4. The highest BCUT2D eigenvalue weighted by molar-refractivity contribution is 5.94. The number of aliphatic imine (C=N–C) groups is 1. The molecule has 0 aromatic heterocycles. The number of amides is 5. The predicted octanol–water partition coefficient (Wildman–Crippen LogP) is -3.61. The number of carboxylic acids is 1. The van der Waals surface area contributed by atoms with Crippen LogP contribution in [0.3, 0.4) is 0 Å². The van der Waals surface area contributed by atoms with Crippen LogP contribution in [0.4, 0.5) is 0 Å². The highest BCUT2D eigenvalue weighted by Crippen LogP contribution is 2.12. The second-order valence-corrected chi connectivity index (χ2v) is 9.46. The van der Waals surface area contributed by atoms with Crippen molar-refractivity contribution in [3.63, 3.8) is 0 Å². The number of guanidine groups is 1. The van der Waals surface area contributed by atoms with Crippen LogP contribution in [0.2, 0.25) is 0 Å². The van der Waals surface area contributed by atoms with E-state index < -0.39 is 59.7 Å². The van der Waals surface area contributed by atoms with Crippen molar-refractivity contribution in [3.8, 4) is 5.75 Å². The van der Waals surface area contributed by atoms with Crippen molar-refractivity contribution in [3.05, 3.63) is 29.8 Å². The van der Waals surface area contributed by atoms with E-state index in [0.717, 1.165) is 0 Å². The van der Waals surface area contributed by atoms with E-state index in [1.807, 2.05) is 0 Å². The summed E-state index contributed by atoms with van der Waals surface area (Å²) < 4.78 is 0. The van der Waals surface area contributed by atoms with Crippen molar-refractivity contribution < 1.29 is 39.0 Å². The molecule has 4 unspecified atom stereocenters. The summed E-state index contributed by atoms with van der Waals surface area (Å²) in [6, 6.07) is 0.486. The van der Waals surface area contributed by atoms with Gasteiger partial charge in [0.2, 0.25) is 29.5 Å². The van der Waals surface area contributed by atoms with Crippen LogP contribution in [0, 0.1) is 0 Å². The van der Waals surface area contributed by atoms with E-state index in [1.54, 1.807) is 0 Å². The molecule has 0 saturated carbocycles. The van der Waals surface area contributed by atoms with E-state index in [2.05, 4.69) is 20.9 Å². The van der Waals surface area contributed by atoms with Crippen LogP contribution in [-0.2, 0) is 35.2 Å². The van der Waals surface area contributed by atoms with Gasteiger partial charge in [-0.15, -0.1) is 0 Å². The highest BCUT2D eigenvalue weighted by Gasteiger charge is 2.30. The van der Waals surface area contributed by atoms with Crippen molar-refractivity contribution >= 4 is 41.5 Å². The Morgan fingerprint density at radius 2 is 1.26 bits per heavy atom. The van der Waals surface area contributed by atoms with Gasteiger partial charge in [0.15, 0.2) is 5.96 Å². The van der Waals surface area contributed by atoms with Crippen molar-refractivity contribution in [2.24, 2.45) is 33.7 Å². The van der Waals surface area contributed by atoms with E-state index in [-0.39, 0.29) is 63.2 Å². The van der Waals surface area contributed by atoms with Gasteiger partial charge in [-0.25, -0.2) is 4.79 Å². The summed E-state index contributed by atoms with van der Waals surface area (Å²) in [5.74, 6) is -5.53. The Morgan fingerprint density at radius 3 is 1.81 bits per heavy atom. The molecular weight excluding hydrogens is 554 g/mol. The molecule has 17 nitrogen and oxygen atoms in total. The third-order valence-electron chi connectivity index (χ3n) is 5.92. The maximum absolute atomic E-state index is 13.4. The minimum Gasteiger partial charge on any atom is -0.508 e. The molecule has 1 rings (SSSR count). The maximum Gasteiger partial charge on any atom is 0.326 e. The number of rotatable bonds is 19. The number of nitrogens with one attached hydrogen (secondary N) is 3. The number of carbonyl (C=O) groups is 6. The second kappa shape index (κ2) is 17.7. The number of benzene rings is 1. The van der Waals surface area contributed by atoms with Crippen molar-refractivity contribution in [1.82, 2.24) is 16.0 Å². The van der Waals surface area contributed by atoms with E-state index in [0.29, 0.717) is 5.56 Å². The summed E-state index contributed by atoms with van der Waals surface area (Å²) in [5.41, 5.74) is 27.2. The molecule has 0 heterocycles. The number of carbonyl (C=O) groups excluding carboxylic acids is 5. The molecule has 0 radical (unpaired) electrons. The normalized spacial score (nSPS) is 13.5. The van der Waals surface area contributed by atoms with E-state index in [4.69, 9.17) is 28.7 Å². The fourth-order valence-corrected chi connectivity index (χ4v) is 3.65. The average molecular weight is 594 g/mol. The van der Waals surface area contributed by atoms with Gasteiger partial charge in [-0.1, -0.05) is 12.1 Å². The quantitative estimate of drug-likeness (QED) is 0.0424. The largest absolute Gasteiger partial charge is 0.508 e. The molecular formula is C25H39N9O8. The number of primary amides is 2. The van der Waals surface area contributed by atoms with E-state index in [1.165, 1.54) is 24.3 Å². The number of aromatic hydroxyl groups is 1. The minimum absolute atomic E-state index is 0.0147. The first-order chi connectivity index (χ1) is 19.7. The van der Waals surface area contributed by atoms with Crippen LogP contribution in [0.25, 0.3) is 0 Å². The van der Waals surface area contributed by atoms with Crippen molar-refractivity contribution in [1.29, 1.82) is 0 Å². The van der Waals surface area contributed by atoms with Gasteiger partial charge in [-0.2, -0.15) is 0 Å². The van der Waals surface area contributed by atoms with E-state index >= 15 is 0 Å². The van der Waals surface area contributed by atoms with Crippen LogP contribution in [0.1, 0.15) is 44.1 Å². The molecule has 1 aromatic rings. The third kappa shape index (κ3) is 13.9. The monoisotopic (exact) mass is 593 g/mol. The maximum atomic E-state index is 13.4. The molecule has 5 amide bonds. The molecule has 4 atom stereocenters. The summed E-state index contributed by atoms with van der Waals surface area (Å²) in [4.78, 5) is 76.9. The average Bonchev–Trinajstić information content (AvgIpc) is 2.91. The van der Waals surface area contributed by atoms with Gasteiger partial charge >= 0.3 is 5.97 Å². The van der Waals surface area contributed by atoms with Gasteiger partial charge in [0.25, 0.3) is 0 Å². The fourth-order valence-electron chi connectivity index (χ4n) is 3.65. The molecule has 1 aromatic carbocycles. The Labute approximate surface area is 241 Å². The van der Waals surface area contributed by atoms with Gasteiger partial charge in [-0.3, -0.25) is 29.0 Å². The van der Waals surface area contributed by atoms with E-state index in [9.17, 15) is 39.0 Å². The molecule has 0 bridgehead atoms. The van der Waals surface area contributed by atoms with Crippen LogP contribution >= 0.6 is 0 Å². The Balaban J connectivity index is 3.20. The lowest BCUT2D eigenvalue weighted by Crippen LogP contribution is -2.57. The van der Waals surface area contributed by atoms with Crippen LogP contribution in [0.5, 0.6) is 5.75 Å².